The van der Waals surface area contributed by atoms with Crippen LogP contribution in [-0.4, -0.2) is 29.4 Å². The van der Waals surface area contributed by atoms with Crippen molar-refractivity contribution in [1.82, 2.24) is 15.3 Å². The topological polar surface area (TPSA) is 79.1 Å². The molecule has 0 radical (unpaired) electrons. The van der Waals surface area contributed by atoms with Crippen molar-refractivity contribution < 1.29 is 0 Å². The summed E-state index contributed by atoms with van der Waals surface area (Å²) in [6.45, 7) is 1.23. The molecule has 0 aliphatic rings. The highest BCUT2D eigenvalue weighted by atomic mass is 35.5. The van der Waals surface area contributed by atoms with Gasteiger partial charge in [-0.3, -0.25) is 0 Å². The minimum absolute atomic E-state index is 0.433. The monoisotopic (exact) mass is 401 g/mol. The average molecular weight is 402 g/mol. The molecule has 3 rings (SSSR count). The molecule has 0 aliphatic carbocycles. The van der Waals surface area contributed by atoms with Crippen molar-refractivity contribution in [2.45, 2.75) is 12.8 Å². The zero-order valence-electron chi connectivity index (χ0n) is 14.8. The molecule has 5 nitrogen and oxygen atoms in total. The van der Waals surface area contributed by atoms with Crippen LogP contribution in [0.2, 0.25) is 10.0 Å². The van der Waals surface area contributed by atoms with Gasteiger partial charge in [0.25, 0.3) is 0 Å². The predicted octanol–water partition coefficient (Wildman–Crippen LogP) is 4.12. The highest BCUT2D eigenvalue weighted by Crippen LogP contribution is 2.22. The van der Waals surface area contributed by atoms with E-state index >= 15 is 0 Å². The van der Waals surface area contributed by atoms with Gasteiger partial charge in [-0.05, 0) is 47.7 Å². The summed E-state index contributed by atoms with van der Waals surface area (Å²) < 4.78 is 0. The molecule has 2 heterocycles. The maximum absolute atomic E-state index is 6.05. The third kappa shape index (κ3) is 5.57. The Morgan fingerprint density at radius 2 is 2.04 bits per heavy atom. The van der Waals surface area contributed by atoms with Crippen LogP contribution in [0.3, 0.4) is 0 Å². The van der Waals surface area contributed by atoms with Crippen LogP contribution in [0.4, 0.5) is 0 Å². The van der Waals surface area contributed by atoms with Crippen molar-refractivity contribution in [3.05, 3.63) is 75.7 Å². The minimum Gasteiger partial charge on any atom is -0.376 e. The van der Waals surface area contributed by atoms with Gasteiger partial charge in [0.1, 0.15) is 5.65 Å². The van der Waals surface area contributed by atoms with Crippen LogP contribution in [0.15, 0.2) is 59.5 Å². The third-order valence-electron chi connectivity index (χ3n) is 4.16. The normalized spacial score (nSPS) is 12.2. The summed E-state index contributed by atoms with van der Waals surface area (Å²) in [6.07, 6.45) is 8.65. The van der Waals surface area contributed by atoms with E-state index in [0.29, 0.717) is 18.0 Å². The van der Waals surface area contributed by atoms with Crippen molar-refractivity contribution >= 4 is 40.6 Å². The predicted molar refractivity (Wildman–Crippen MR) is 114 cm³/mol. The summed E-state index contributed by atoms with van der Waals surface area (Å²) in [5, 5.41) is 5.55. The summed E-state index contributed by atoms with van der Waals surface area (Å²) in [6, 6.07) is 9.75. The third-order valence-corrected chi connectivity index (χ3v) is 4.62. The van der Waals surface area contributed by atoms with E-state index in [0.717, 1.165) is 40.2 Å². The Bertz CT molecular complexity index is 945. The molecule has 0 saturated heterocycles. The van der Waals surface area contributed by atoms with E-state index < -0.39 is 0 Å². The van der Waals surface area contributed by atoms with Crippen LogP contribution >= 0.6 is 23.2 Å². The molecule has 4 N–H and O–H groups in total. The molecule has 0 spiro atoms. The fourth-order valence-corrected chi connectivity index (χ4v) is 3.01. The van der Waals surface area contributed by atoms with Crippen molar-refractivity contribution in [2.24, 2.45) is 10.7 Å². The fraction of sp³-hybridized carbons (Fsp3) is 0.200. The SMILES string of the molecule is NC/C(=C\N=C\NCCc1ccc(Cl)cc1)Cc1c[nH]c2ncc(Cl)cc12. The number of nitrogens with one attached hydrogen (secondary N) is 2. The molecular formula is C20H21Cl2N5. The lowest BCUT2D eigenvalue weighted by atomic mass is 10.1. The first-order chi connectivity index (χ1) is 13.2. The van der Waals surface area contributed by atoms with E-state index in [9.17, 15) is 0 Å². The molecular weight excluding hydrogens is 381 g/mol. The molecule has 3 aromatic rings. The number of nitrogens with two attached hydrogens (primary N) is 1. The number of hydrogen-bond acceptors (Lipinski definition) is 3. The maximum atomic E-state index is 6.05. The number of nitrogens with zero attached hydrogens (tertiary/aromatic N) is 2. The van der Waals surface area contributed by atoms with Gasteiger partial charge >= 0.3 is 0 Å². The molecule has 0 unspecified atom stereocenters. The fourth-order valence-electron chi connectivity index (χ4n) is 2.72. The molecule has 1 aromatic carbocycles. The first kappa shape index (κ1) is 19.4. The van der Waals surface area contributed by atoms with E-state index in [1.54, 1.807) is 18.7 Å². The van der Waals surface area contributed by atoms with Crippen molar-refractivity contribution in [3.8, 4) is 0 Å². The molecule has 2 aromatic heterocycles. The van der Waals surface area contributed by atoms with E-state index in [1.165, 1.54) is 5.56 Å². The Hall–Kier alpha value is -2.34. The summed E-state index contributed by atoms with van der Waals surface area (Å²) >= 11 is 11.9. The van der Waals surface area contributed by atoms with Gasteiger partial charge in [0, 0.05) is 42.1 Å². The van der Waals surface area contributed by atoms with Gasteiger partial charge in [-0.15, -0.1) is 0 Å². The molecule has 0 aliphatic heterocycles. The van der Waals surface area contributed by atoms with Crippen LogP contribution in [-0.2, 0) is 12.8 Å². The highest BCUT2D eigenvalue weighted by Gasteiger charge is 2.07. The summed E-state index contributed by atoms with van der Waals surface area (Å²) in [7, 11) is 0. The number of aliphatic imine (C=N–C) groups is 1. The van der Waals surface area contributed by atoms with Gasteiger partial charge in [0.15, 0.2) is 0 Å². The molecule has 7 heteroatoms. The van der Waals surface area contributed by atoms with Crippen LogP contribution in [0.1, 0.15) is 11.1 Å². The second kappa shape index (κ2) is 9.55. The Balaban J connectivity index is 1.53. The Morgan fingerprint density at radius 3 is 2.81 bits per heavy atom. The Labute approximate surface area is 168 Å². The largest absolute Gasteiger partial charge is 0.376 e. The van der Waals surface area contributed by atoms with E-state index in [2.05, 4.69) is 20.3 Å². The number of halogens is 2. The molecule has 0 atom stereocenters. The second-order valence-electron chi connectivity index (χ2n) is 6.14. The second-order valence-corrected chi connectivity index (χ2v) is 7.01. The molecule has 0 saturated carbocycles. The zero-order valence-corrected chi connectivity index (χ0v) is 16.3. The average Bonchev–Trinajstić information content (AvgIpc) is 3.06. The molecule has 0 fully saturated rings. The summed E-state index contributed by atoms with van der Waals surface area (Å²) in [4.78, 5) is 11.7. The standard InChI is InChI=1S/C20H21Cl2N5/c21-17-3-1-14(2-4-17)5-6-24-13-25-10-15(9-23)7-16-11-26-20-19(16)8-18(22)12-27-20/h1-4,8,10-13H,5-7,9,23H2,(H,24,25)(H,26,27)/b15-10-. The number of fused-ring (bicyclic) bond motifs is 1. The first-order valence-electron chi connectivity index (χ1n) is 8.64. The Morgan fingerprint density at radius 1 is 1.22 bits per heavy atom. The van der Waals surface area contributed by atoms with Crippen LogP contribution < -0.4 is 11.1 Å². The number of aromatic nitrogens is 2. The van der Waals surface area contributed by atoms with Gasteiger partial charge in [-0.2, -0.15) is 0 Å². The number of benzene rings is 1. The number of rotatable bonds is 8. The number of aromatic amines is 1. The number of pyridine rings is 1. The van der Waals surface area contributed by atoms with Gasteiger partial charge in [-0.25, -0.2) is 9.98 Å². The first-order valence-corrected chi connectivity index (χ1v) is 9.40. The zero-order chi connectivity index (χ0) is 19.1. The van der Waals surface area contributed by atoms with Gasteiger partial charge in [-0.1, -0.05) is 35.3 Å². The number of hydrogen-bond donors (Lipinski definition) is 3. The maximum Gasteiger partial charge on any atom is 0.137 e. The molecule has 27 heavy (non-hydrogen) atoms. The van der Waals surface area contributed by atoms with E-state index in [4.69, 9.17) is 28.9 Å². The lowest BCUT2D eigenvalue weighted by molar-refractivity contribution is 0.878. The lowest BCUT2D eigenvalue weighted by Crippen LogP contribution is -2.14. The smallest absolute Gasteiger partial charge is 0.137 e. The lowest BCUT2D eigenvalue weighted by Gasteiger charge is -2.03. The molecule has 0 amide bonds. The van der Waals surface area contributed by atoms with E-state index in [-0.39, 0.29) is 0 Å². The summed E-state index contributed by atoms with van der Waals surface area (Å²) in [5.74, 6) is 0. The quantitative estimate of drug-likeness (QED) is 0.301. The molecule has 0 bridgehead atoms. The number of H-pyrrole nitrogens is 1. The highest BCUT2D eigenvalue weighted by molar-refractivity contribution is 6.31. The molecule has 140 valence electrons. The van der Waals surface area contributed by atoms with Crippen molar-refractivity contribution in [1.29, 1.82) is 0 Å². The van der Waals surface area contributed by atoms with Crippen LogP contribution in [0.5, 0.6) is 0 Å². The Kier molecular flexibility index (Phi) is 6.87. The van der Waals surface area contributed by atoms with Crippen LogP contribution in [0, 0.1) is 0 Å². The van der Waals surface area contributed by atoms with Gasteiger partial charge in [0.2, 0.25) is 0 Å². The van der Waals surface area contributed by atoms with Crippen LogP contribution in [0.25, 0.3) is 11.0 Å². The minimum atomic E-state index is 0.433. The van der Waals surface area contributed by atoms with Crippen molar-refractivity contribution in [2.75, 3.05) is 13.1 Å². The van der Waals surface area contributed by atoms with Gasteiger partial charge < -0.3 is 16.0 Å². The summed E-state index contributed by atoms with van der Waals surface area (Å²) in [5.41, 5.74) is 10.0. The van der Waals surface area contributed by atoms with E-state index in [1.807, 2.05) is 36.5 Å². The van der Waals surface area contributed by atoms with Crippen molar-refractivity contribution in [3.63, 3.8) is 0 Å². The van der Waals surface area contributed by atoms with Gasteiger partial charge in [0.05, 0.1) is 11.4 Å².